The topological polar surface area (TPSA) is 109 Å². The average molecular weight is 654 g/mol. The molecule has 2 aliphatic rings. The van der Waals surface area contributed by atoms with E-state index in [-0.39, 0.29) is 53.0 Å². The van der Waals surface area contributed by atoms with Crippen LogP contribution in [0.3, 0.4) is 0 Å². The van der Waals surface area contributed by atoms with Crippen LogP contribution in [-0.4, -0.2) is 106 Å². The van der Waals surface area contributed by atoms with Crippen LogP contribution in [0.4, 0.5) is 15.0 Å². The fourth-order valence-electron chi connectivity index (χ4n) is 6.26. The van der Waals surface area contributed by atoms with E-state index < -0.39 is 11.4 Å². The lowest BCUT2D eigenvalue weighted by atomic mass is 9.95. The Morgan fingerprint density at radius 1 is 1.13 bits per heavy atom. The van der Waals surface area contributed by atoms with E-state index in [2.05, 4.69) is 25.0 Å². The molecular formula is C33H41ClFN7O4. The molecule has 11 nitrogen and oxygen atoms in total. The zero-order valence-corrected chi connectivity index (χ0v) is 28.1. The Hall–Kier alpha value is -3.74. The molecule has 0 radical (unpaired) electrons. The third kappa shape index (κ3) is 6.30. The highest BCUT2D eigenvalue weighted by Gasteiger charge is 2.36. The lowest BCUT2D eigenvalue weighted by Gasteiger charge is -2.45. The second-order valence-electron chi connectivity index (χ2n) is 13.4. The van der Waals surface area contributed by atoms with Crippen molar-refractivity contribution >= 4 is 45.3 Å². The van der Waals surface area contributed by atoms with E-state index in [0.717, 1.165) is 23.0 Å². The molecule has 246 valence electrons. The molecule has 2 aliphatic heterocycles. The number of nitrogens with zero attached hydrogens (tertiary/aromatic N) is 6. The number of carbonyl (C=O) groups is 1. The Morgan fingerprint density at radius 3 is 2.65 bits per heavy atom. The standard InChI is InChI=1S/C33H41ClFN7O4/c1-18-8-9-25-23(13-36-39-25)26(18)27-24(34)12-22-29(28(27)35)37-31(45-17-21-16-40(7)10-11-44-21)38-30(22)41-14-20(3)42(15-19(41)2)32(43)46-33(4,5)6/h8-9,12-13,19-21H,10-11,14-17H2,1-7H3,(H,36,39)/t19-,20+,21?/m0/s1. The van der Waals surface area contributed by atoms with Crippen molar-refractivity contribution in [3.05, 3.63) is 40.8 Å². The maximum absolute atomic E-state index is 16.9. The molecule has 1 N–H and O–H groups in total. The maximum Gasteiger partial charge on any atom is 0.410 e. The van der Waals surface area contributed by atoms with Crippen LogP contribution in [0, 0.1) is 12.7 Å². The van der Waals surface area contributed by atoms with E-state index in [4.69, 9.17) is 30.8 Å². The summed E-state index contributed by atoms with van der Waals surface area (Å²) in [5, 5.41) is 8.57. The molecule has 1 amide bonds. The van der Waals surface area contributed by atoms with Gasteiger partial charge in [-0.2, -0.15) is 15.1 Å². The number of rotatable bonds is 5. The highest BCUT2D eigenvalue weighted by atomic mass is 35.5. The predicted molar refractivity (Wildman–Crippen MR) is 176 cm³/mol. The van der Waals surface area contributed by atoms with Crippen LogP contribution >= 0.6 is 11.6 Å². The van der Waals surface area contributed by atoms with E-state index in [1.54, 1.807) is 17.2 Å². The van der Waals surface area contributed by atoms with Gasteiger partial charge in [-0.05, 0) is 66.3 Å². The van der Waals surface area contributed by atoms with Gasteiger partial charge >= 0.3 is 12.1 Å². The van der Waals surface area contributed by atoms with Crippen LogP contribution in [-0.2, 0) is 9.47 Å². The number of piperazine rings is 1. The Labute approximate surface area is 272 Å². The van der Waals surface area contributed by atoms with Gasteiger partial charge in [0, 0.05) is 60.2 Å². The number of anilines is 1. The van der Waals surface area contributed by atoms with Gasteiger partial charge in [0.25, 0.3) is 0 Å². The first kappa shape index (κ1) is 32.2. The van der Waals surface area contributed by atoms with E-state index in [9.17, 15) is 4.79 Å². The summed E-state index contributed by atoms with van der Waals surface area (Å²) >= 11 is 6.93. The van der Waals surface area contributed by atoms with Crippen molar-refractivity contribution in [2.45, 2.75) is 65.3 Å². The molecule has 0 spiro atoms. The molecule has 2 saturated heterocycles. The molecule has 2 aromatic heterocycles. The van der Waals surface area contributed by atoms with Crippen molar-refractivity contribution < 1.29 is 23.4 Å². The second kappa shape index (κ2) is 12.5. The number of hydrogen-bond donors (Lipinski definition) is 1. The van der Waals surface area contributed by atoms with Crippen LogP contribution in [0.1, 0.15) is 40.2 Å². The quantitative estimate of drug-likeness (QED) is 0.285. The number of benzene rings is 2. The van der Waals surface area contributed by atoms with E-state index in [1.165, 1.54) is 0 Å². The molecule has 0 saturated carbocycles. The molecule has 6 rings (SSSR count). The first-order chi connectivity index (χ1) is 21.8. The van der Waals surface area contributed by atoms with Crippen molar-refractivity contribution in [3.8, 4) is 17.1 Å². The van der Waals surface area contributed by atoms with Gasteiger partial charge in [0.05, 0.1) is 23.3 Å². The largest absolute Gasteiger partial charge is 0.461 e. The van der Waals surface area contributed by atoms with Gasteiger partial charge in [0.1, 0.15) is 29.6 Å². The number of ether oxygens (including phenoxy) is 3. The summed E-state index contributed by atoms with van der Waals surface area (Å²) in [6, 6.07) is 5.18. The van der Waals surface area contributed by atoms with E-state index in [0.29, 0.717) is 43.0 Å². The van der Waals surface area contributed by atoms with Gasteiger partial charge in [-0.3, -0.25) is 5.10 Å². The average Bonchev–Trinajstić information content (AvgIpc) is 3.46. The molecule has 46 heavy (non-hydrogen) atoms. The summed E-state index contributed by atoms with van der Waals surface area (Å²) < 4.78 is 34.6. The molecule has 13 heteroatoms. The van der Waals surface area contributed by atoms with E-state index >= 15 is 4.39 Å². The lowest BCUT2D eigenvalue weighted by Crippen LogP contribution is -2.59. The lowest BCUT2D eigenvalue weighted by molar-refractivity contribution is -0.0416. The Bertz CT molecular complexity index is 1780. The Balaban J connectivity index is 1.44. The highest BCUT2D eigenvalue weighted by Crippen LogP contribution is 2.43. The van der Waals surface area contributed by atoms with Crippen LogP contribution in [0.25, 0.3) is 32.9 Å². The van der Waals surface area contributed by atoms with Crippen molar-refractivity contribution in [2.24, 2.45) is 0 Å². The molecule has 0 bridgehead atoms. The van der Waals surface area contributed by atoms with Crippen molar-refractivity contribution in [1.82, 2.24) is 30.0 Å². The number of nitrogens with one attached hydrogen (secondary N) is 1. The van der Waals surface area contributed by atoms with Crippen LogP contribution in [0.5, 0.6) is 6.01 Å². The molecule has 1 unspecified atom stereocenters. The summed E-state index contributed by atoms with van der Waals surface area (Å²) in [5.41, 5.74) is 1.97. The maximum atomic E-state index is 16.9. The molecule has 0 aliphatic carbocycles. The number of H-pyrrole nitrogens is 1. The first-order valence-corrected chi connectivity index (χ1v) is 16.0. The van der Waals surface area contributed by atoms with Crippen molar-refractivity contribution in [1.29, 1.82) is 0 Å². The number of likely N-dealkylation sites (N-methyl/N-ethyl adjacent to an activating group) is 1. The molecule has 2 aromatic carbocycles. The zero-order chi connectivity index (χ0) is 32.9. The third-order valence-electron chi connectivity index (χ3n) is 8.55. The number of hydrogen-bond acceptors (Lipinski definition) is 9. The SMILES string of the molecule is Cc1ccc2[nH]ncc2c1-c1c(Cl)cc2c(N3C[C@@H](C)N(C(=O)OC(C)(C)C)C[C@@H]3C)nc(OCC3CN(C)CCO3)nc2c1F. The minimum Gasteiger partial charge on any atom is -0.461 e. The zero-order valence-electron chi connectivity index (χ0n) is 27.4. The number of carbonyl (C=O) groups excluding carboxylic acids is 1. The molecule has 4 heterocycles. The Morgan fingerprint density at radius 2 is 1.91 bits per heavy atom. The number of morpholine rings is 1. The van der Waals surface area contributed by atoms with Gasteiger partial charge in [0.15, 0.2) is 5.82 Å². The van der Waals surface area contributed by atoms with Gasteiger partial charge in [-0.25, -0.2) is 9.18 Å². The summed E-state index contributed by atoms with van der Waals surface area (Å²) in [6.07, 6.45) is 1.12. The summed E-state index contributed by atoms with van der Waals surface area (Å²) in [6.45, 7) is 14.6. The number of aromatic nitrogens is 4. The number of aryl methyl sites for hydroxylation is 1. The van der Waals surface area contributed by atoms with Gasteiger partial charge < -0.3 is 28.9 Å². The minimum absolute atomic E-state index is 0.0409. The molecular weight excluding hydrogens is 613 g/mol. The predicted octanol–water partition coefficient (Wildman–Crippen LogP) is 5.82. The second-order valence-corrected chi connectivity index (χ2v) is 13.8. The summed E-state index contributed by atoms with van der Waals surface area (Å²) in [5.74, 6) is -0.0926. The van der Waals surface area contributed by atoms with Crippen molar-refractivity contribution in [3.63, 3.8) is 0 Å². The van der Waals surface area contributed by atoms with Crippen molar-refractivity contribution in [2.75, 3.05) is 51.3 Å². The normalized spacial score (nSPS) is 21.3. The number of fused-ring (bicyclic) bond motifs is 2. The van der Waals surface area contributed by atoms with Gasteiger partial charge in [-0.15, -0.1) is 0 Å². The number of amides is 1. The summed E-state index contributed by atoms with van der Waals surface area (Å²) in [7, 11) is 2.03. The third-order valence-corrected chi connectivity index (χ3v) is 8.85. The molecule has 4 aromatic rings. The smallest absolute Gasteiger partial charge is 0.410 e. The van der Waals surface area contributed by atoms with Gasteiger partial charge in [-0.1, -0.05) is 17.7 Å². The monoisotopic (exact) mass is 653 g/mol. The van der Waals surface area contributed by atoms with E-state index in [1.807, 2.05) is 60.7 Å². The van der Waals surface area contributed by atoms with Gasteiger partial charge in [0.2, 0.25) is 0 Å². The summed E-state index contributed by atoms with van der Waals surface area (Å²) in [4.78, 5) is 28.5. The number of aromatic amines is 1. The fraction of sp³-hybridized carbons (Fsp3) is 0.515. The first-order valence-electron chi connectivity index (χ1n) is 15.6. The highest BCUT2D eigenvalue weighted by molar-refractivity contribution is 6.35. The fourth-order valence-corrected chi connectivity index (χ4v) is 6.55. The van der Waals surface area contributed by atoms with Crippen LogP contribution < -0.4 is 9.64 Å². The van der Waals surface area contributed by atoms with Crippen LogP contribution in [0.15, 0.2) is 24.4 Å². The Kier molecular flexibility index (Phi) is 8.73. The molecule has 3 atom stereocenters. The van der Waals surface area contributed by atoms with Crippen LogP contribution in [0.2, 0.25) is 5.02 Å². The number of halogens is 2. The molecule has 2 fully saturated rings. The minimum atomic E-state index is -0.617.